The number of likely N-dealkylation sites (tertiary alicyclic amines) is 1. The first kappa shape index (κ1) is 13.8. The number of nitrogens with zero attached hydrogens (tertiary/aromatic N) is 1. The van der Waals surface area contributed by atoms with Crippen LogP contribution in [0.2, 0.25) is 5.02 Å². The first-order valence-corrected chi connectivity index (χ1v) is 6.85. The highest BCUT2D eigenvalue weighted by atomic mass is 35.5. The summed E-state index contributed by atoms with van der Waals surface area (Å²) in [6, 6.07) is 4.84. The fourth-order valence-electron chi connectivity index (χ4n) is 2.44. The predicted molar refractivity (Wildman–Crippen MR) is 71.3 cm³/mol. The maximum Gasteiger partial charge on any atom is 0.129 e. The van der Waals surface area contributed by atoms with Crippen molar-refractivity contribution in [2.45, 2.75) is 32.4 Å². The van der Waals surface area contributed by atoms with E-state index in [0.717, 1.165) is 32.5 Å². The second kappa shape index (κ2) is 6.50. The van der Waals surface area contributed by atoms with Crippen LogP contribution in [0.25, 0.3) is 0 Å². The van der Waals surface area contributed by atoms with Gasteiger partial charge in [-0.1, -0.05) is 17.7 Å². The van der Waals surface area contributed by atoms with Crippen LogP contribution in [0.5, 0.6) is 0 Å². The van der Waals surface area contributed by atoms with Crippen LogP contribution in [0.4, 0.5) is 4.39 Å². The van der Waals surface area contributed by atoms with Gasteiger partial charge in [-0.15, -0.1) is 0 Å². The van der Waals surface area contributed by atoms with Crippen molar-refractivity contribution in [1.29, 1.82) is 0 Å². The molecule has 2 nitrogen and oxygen atoms in total. The van der Waals surface area contributed by atoms with Crippen molar-refractivity contribution in [2.75, 3.05) is 19.7 Å². The quantitative estimate of drug-likeness (QED) is 0.831. The first-order chi connectivity index (χ1) is 8.70. The summed E-state index contributed by atoms with van der Waals surface area (Å²) in [5, 5.41) is 0.508. The minimum atomic E-state index is -0.221. The van der Waals surface area contributed by atoms with E-state index in [1.165, 1.54) is 6.07 Å². The monoisotopic (exact) mass is 271 g/mol. The summed E-state index contributed by atoms with van der Waals surface area (Å²) in [6.07, 6.45) is 2.46. The number of ether oxygens (including phenoxy) is 1. The minimum absolute atomic E-state index is 0.221. The number of benzene rings is 1. The lowest BCUT2D eigenvalue weighted by molar-refractivity contribution is 0.00337. The van der Waals surface area contributed by atoms with Crippen molar-refractivity contribution in [3.63, 3.8) is 0 Å². The Balaban J connectivity index is 2.00. The SMILES string of the molecule is CCOC1CCCN(Cc2c(F)cccc2Cl)C1. The highest BCUT2D eigenvalue weighted by molar-refractivity contribution is 6.31. The Labute approximate surface area is 113 Å². The van der Waals surface area contributed by atoms with Gasteiger partial charge in [-0.3, -0.25) is 4.90 Å². The molecule has 18 heavy (non-hydrogen) atoms. The molecule has 1 heterocycles. The Bertz CT molecular complexity index is 377. The zero-order valence-corrected chi connectivity index (χ0v) is 11.4. The molecular formula is C14H19ClFNO. The molecule has 1 saturated heterocycles. The molecule has 1 fully saturated rings. The molecule has 0 amide bonds. The number of hydrogen-bond acceptors (Lipinski definition) is 2. The smallest absolute Gasteiger partial charge is 0.129 e. The lowest BCUT2D eigenvalue weighted by atomic mass is 10.1. The van der Waals surface area contributed by atoms with E-state index in [4.69, 9.17) is 16.3 Å². The maximum absolute atomic E-state index is 13.7. The molecule has 0 aromatic heterocycles. The van der Waals surface area contributed by atoms with Crippen LogP contribution >= 0.6 is 11.6 Å². The summed E-state index contributed by atoms with van der Waals surface area (Å²) in [4.78, 5) is 2.22. The Morgan fingerprint density at radius 3 is 3.06 bits per heavy atom. The topological polar surface area (TPSA) is 12.5 Å². The molecule has 0 bridgehead atoms. The van der Waals surface area contributed by atoms with Crippen LogP contribution in [-0.2, 0) is 11.3 Å². The summed E-state index contributed by atoms with van der Waals surface area (Å²) in [7, 11) is 0. The van der Waals surface area contributed by atoms with E-state index < -0.39 is 0 Å². The van der Waals surface area contributed by atoms with Gasteiger partial charge in [-0.2, -0.15) is 0 Å². The van der Waals surface area contributed by atoms with Gasteiger partial charge < -0.3 is 4.74 Å². The van der Waals surface area contributed by atoms with Gasteiger partial charge in [0.1, 0.15) is 5.82 Å². The van der Waals surface area contributed by atoms with Gasteiger partial charge in [-0.25, -0.2) is 4.39 Å². The van der Waals surface area contributed by atoms with Crippen molar-refractivity contribution in [3.8, 4) is 0 Å². The zero-order chi connectivity index (χ0) is 13.0. The second-order valence-electron chi connectivity index (χ2n) is 4.65. The average Bonchev–Trinajstić information content (AvgIpc) is 2.35. The van der Waals surface area contributed by atoms with Gasteiger partial charge >= 0.3 is 0 Å². The summed E-state index contributed by atoms with van der Waals surface area (Å²) in [6.45, 7) is 5.15. The number of halogens is 2. The summed E-state index contributed by atoms with van der Waals surface area (Å²) in [5.74, 6) is -0.221. The van der Waals surface area contributed by atoms with Gasteiger partial charge in [0.25, 0.3) is 0 Å². The Morgan fingerprint density at radius 2 is 2.33 bits per heavy atom. The first-order valence-electron chi connectivity index (χ1n) is 6.47. The number of rotatable bonds is 4. The van der Waals surface area contributed by atoms with Crippen LogP contribution < -0.4 is 0 Å². The molecule has 2 rings (SSSR count). The van der Waals surface area contributed by atoms with Crippen molar-refractivity contribution in [2.24, 2.45) is 0 Å². The third-order valence-electron chi connectivity index (χ3n) is 3.31. The molecule has 1 aromatic carbocycles. The molecule has 0 radical (unpaired) electrons. The molecule has 0 saturated carbocycles. The maximum atomic E-state index is 13.7. The third-order valence-corrected chi connectivity index (χ3v) is 3.66. The number of hydrogen-bond donors (Lipinski definition) is 0. The highest BCUT2D eigenvalue weighted by Crippen LogP contribution is 2.23. The van der Waals surface area contributed by atoms with E-state index in [0.29, 0.717) is 17.1 Å². The van der Waals surface area contributed by atoms with Crippen LogP contribution in [0.1, 0.15) is 25.3 Å². The van der Waals surface area contributed by atoms with Crippen LogP contribution in [-0.4, -0.2) is 30.7 Å². The molecule has 0 aliphatic carbocycles. The molecule has 1 aliphatic rings. The van der Waals surface area contributed by atoms with Gasteiger partial charge in [0.05, 0.1) is 6.10 Å². The molecule has 100 valence electrons. The molecule has 0 spiro atoms. The third kappa shape index (κ3) is 3.44. The molecule has 1 aromatic rings. The lowest BCUT2D eigenvalue weighted by Crippen LogP contribution is -2.39. The summed E-state index contributed by atoms with van der Waals surface area (Å²) >= 11 is 6.05. The second-order valence-corrected chi connectivity index (χ2v) is 5.06. The van der Waals surface area contributed by atoms with Crippen LogP contribution in [0.3, 0.4) is 0 Å². The normalized spacial score (nSPS) is 21.2. The molecular weight excluding hydrogens is 253 g/mol. The van der Waals surface area contributed by atoms with Crippen LogP contribution in [0, 0.1) is 5.82 Å². The summed E-state index contributed by atoms with van der Waals surface area (Å²) < 4.78 is 19.4. The molecule has 4 heteroatoms. The minimum Gasteiger partial charge on any atom is -0.377 e. The van der Waals surface area contributed by atoms with Crippen LogP contribution in [0.15, 0.2) is 18.2 Å². The van der Waals surface area contributed by atoms with E-state index >= 15 is 0 Å². The van der Waals surface area contributed by atoms with E-state index in [1.807, 2.05) is 6.92 Å². The fourth-order valence-corrected chi connectivity index (χ4v) is 2.66. The fraction of sp³-hybridized carbons (Fsp3) is 0.571. The molecule has 1 atom stereocenters. The highest BCUT2D eigenvalue weighted by Gasteiger charge is 2.21. The van der Waals surface area contributed by atoms with E-state index in [-0.39, 0.29) is 11.9 Å². The Kier molecular flexibility index (Phi) is 4.98. The average molecular weight is 272 g/mol. The number of piperidine rings is 1. The molecule has 0 N–H and O–H groups in total. The van der Waals surface area contributed by atoms with Gasteiger partial charge in [-0.05, 0) is 38.4 Å². The van der Waals surface area contributed by atoms with Gasteiger partial charge in [0, 0.05) is 30.3 Å². The Morgan fingerprint density at radius 1 is 1.50 bits per heavy atom. The molecule has 1 aliphatic heterocycles. The Hall–Kier alpha value is -0.640. The van der Waals surface area contributed by atoms with E-state index in [2.05, 4.69) is 4.90 Å². The predicted octanol–water partition coefficient (Wildman–Crippen LogP) is 3.48. The lowest BCUT2D eigenvalue weighted by Gasteiger charge is -2.32. The van der Waals surface area contributed by atoms with Gasteiger partial charge in [0.15, 0.2) is 0 Å². The van der Waals surface area contributed by atoms with E-state index in [1.54, 1.807) is 12.1 Å². The van der Waals surface area contributed by atoms with Crippen molar-refractivity contribution >= 4 is 11.6 Å². The summed E-state index contributed by atoms with van der Waals surface area (Å²) in [5.41, 5.74) is 0.594. The standard InChI is InChI=1S/C14H19ClFNO/c1-2-18-11-5-4-8-17(9-11)10-12-13(15)6-3-7-14(12)16/h3,6-7,11H,2,4-5,8-10H2,1H3. The molecule has 1 unspecified atom stereocenters. The van der Waals surface area contributed by atoms with Crippen molar-refractivity contribution in [3.05, 3.63) is 34.6 Å². The van der Waals surface area contributed by atoms with Crippen molar-refractivity contribution < 1.29 is 9.13 Å². The van der Waals surface area contributed by atoms with Crippen molar-refractivity contribution in [1.82, 2.24) is 4.90 Å². The van der Waals surface area contributed by atoms with Gasteiger partial charge in [0.2, 0.25) is 0 Å². The largest absolute Gasteiger partial charge is 0.377 e. The zero-order valence-electron chi connectivity index (χ0n) is 10.7. The van der Waals surface area contributed by atoms with E-state index in [9.17, 15) is 4.39 Å².